The molecule has 0 radical (unpaired) electrons. The number of ether oxygens (including phenoxy) is 4. The summed E-state index contributed by atoms with van der Waals surface area (Å²) < 4.78 is 24.5. The van der Waals surface area contributed by atoms with Gasteiger partial charge in [-0.2, -0.15) is 0 Å². The molecule has 1 aromatic rings. The van der Waals surface area contributed by atoms with Crippen LogP contribution >= 0.6 is 0 Å². The van der Waals surface area contributed by atoms with Crippen LogP contribution in [0.15, 0.2) is 30.3 Å². The number of hydrogen-bond acceptors (Lipinski definition) is 4. The van der Waals surface area contributed by atoms with E-state index in [0.717, 1.165) is 12.8 Å². The van der Waals surface area contributed by atoms with Crippen LogP contribution < -0.4 is 0 Å². The third kappa shape index (κ3) is 3.18. The van der Waals surface area contributed by atoms with Crippen molar-refractivity contribution in [3.05, 3.63) is 35.9 Å². The van der Waals surface area contributed by atoms with E-state index in [0.29, 0.717) is 12.5 Å². The number of hydrogen-bond donors (Lipinski definition) is 0. The van der Waals surface area contributed by atoms with Crippen LogP contribution in [-0.4, -0.2) is 30.4 Å². The monoisotopic (exact) mass is 318 g/mol. The van der Waals surface area contributed by atoms with Gasteiger partial charge in [0.05, 0.1) is 18.8 Å². The van der Waals surface area contributed by atoms with Crippen molar-refractivity contribution in [2.75, 3.05) is 0 Å². The summed E-state index contributed by atoms with van der Waals surface area (Å²) in [6, 6.07) is 10.3. The zero-order valence-electron chi connectivity index (χ0n) is 13.9. The highest BCUT2D eigenvalue weighted by atomic mass is 16.8. The molecule has 2 saturated heterocycles. The predicted octanol–water partition coefficient (Wildman–Crippen LogP) is 3.64. The summed E-state index contributed by atoms with van der Waals surface area (Å²) in [5.41, 5.74) is 1.21. The molecule has 1 aliphatic carbocycles. The molecule has 2 aliphatic heterocycles. The van der Waals surface area contributed by atoms with E-state index in [-0.39, 0.29) is 24.6 Å². The Hall–Kier alpha value is -0.940. The van der Waals surface area contributed by atoms with E-state index in [4.69, 9.17) is 18.9 Å². The lowest BCUT2D eigenvalue weighted by atomic mass is 9.92. The Morgan fingerprint density at radius 2 is 1.83 bits per heavy atom. The summed E-state index contributed by atoms with van der Waals surface area (Å²) in [6.45, 7) is 4.56. The van der Waals surface area contributed by atoms with E-state index in [1.165, 1.54) is 18.4 Å². The molecule has 126 valence electrons. The predicted molar refractivity (Wildman–Crippen MR) is 85.7 cm³/mol. The van der Waals surface area contributed by atoms with Gasteiger partial charge in [-0.15, -0.1) is 0 Å². The first kappa shape index (κ1) is 15.6. The SMILES string of the molecule is CC1(C)O[C@H]2O[C@@H]3[C@@H](CCCC[C@H]3OCc3ccccc3)[C@H]2O1. The number of fused-ring (bicyclic) bond motifs is 3. The van der Waals surface area contributed by atoms with Crippen LogP contribution in [0.3, 0.4) is 0 Å². The van der Waals surface area contributed by atoms with Gasteiger partial charge in [-0.1, -0.05) is 43.2 Å². The molecular weight excluding hydrogens is 292 g/mol. The van der Waals surface area contributed by atoms with Crippen molar-refractivity contribution in [2.45, 2.75) is 76.5 Å². The van der Waals surface area contributed by atoms with Crippen molar-refractivity contribution >= 4 is 0 Å². The molecule has 0 amide bonds. The molecular formula is C19H26O4. The summed E-state index contributed by atoms with van der Waals surface area (Å²) in [7, 11) is 0. The Kier molecular flexibility index (Phi) is 4.18. The van der Waals surface area contributed by atoms with Gasteiger partial charge in [0.2, 0.25) is 0 Å². The molecule has 4 rings (SSSR count). The Bertz CT molecular complexity index is 529. The zero-order chi connectivity index (χ0) is 15.9. The molecule has 4 nitrogen and oxygen atoms in total. The van der Waals surface area contributed by atoms with Crippen LogP contribution in [0.25, 0.3) is 0 Å². The topological polar surface area (TPSA) is 36.9 Å². The van der Waals surface area contributed by atoms with Crippen LogP contribution in [0, 0.1) is 5.92 Å². The maximum Gasteiger partial charge on any atom is 0.187 e. The first-order valence-electron chi connectivity index (χ1n) is 8.79. The van der Waals surface area contributed by atoms with Gasteiger partial charge in [0.25, 0.3) is 0 Å². The highest BCUT2D eigenvalue weighted by Gasteiger charge is 2.56. The summed E-state index contributed by atoms with van der Waals surface area (Å²) in [6.07, 6.45) is 4.63. The largest absolute Gasteiger partial charge is 0.371 e. The van der Waals surface area contributed by atoms with E-state index in [9.17, 15) is 0 Å². The minimum atomic E-state index is -0.535. The molecule has 0 aromatic heterocycles. The first-order chi connectivity index (χ1) is 11.1. The Labute approximate surface area is 138 Å². The lowest BCUT2D eigenvalue weighted by molar-refractivity contribution is -0.223. The third-order valence-electron chi connectivity index (χ3n) is 5.17. The summed E-state index contributed by atoms with van der Waals surface area (Å²) in [5, 5.41) is 0. The second-order valence-electron chi connectivity index (χ2n) is 7.35. The average Bonchev–Trinajstić information content (AvgIpc) is 2.91. The van der Waals surface area contributed by atoms with Crippen LogP contribution in [0.1, 0.15) is 45.1 Å². The lowest BCUT2D eigenvalue weighted by Crippen LogP contribution is -2.37. The molecule has 4 heteroatoms. The molecule has 0 spiro atoms. The second kappa shape index (κ2) is 6.17. The van der Waals surface area contributed by atoms with Crippen molar-refractivity contribution in [1.82, 2.24) is 0 Å². The smallest absolute Gasteiger partial charge is 0.187 e. The van der Waals surface area contributed by atoms with E-state index in [1.54, 1.807) is 0 Å². The maximum absolute atomic E-state index is 6.24. The molecule has 1 aromatic carbocycles. The molecule has 0 N–H and O–H groups in total. The molecule has 23 heavy (non-hydrogen) atoms. The van der Waals surface area contributed by atoms with Crippen LogP contribution in [0.4, 0.5) is 0 Å². The van der Waals surface area contributed by atoms with E-state index < -0.39 is 5.79 Å². The highest BCUT2D eigenvalue weighted by molar-refractivity contribution is 5.13. The van der Waals surface area contributed by atoms with E-state index >= 15 is 0 Å². The van der Waals surface area contributed by atoms with Crippen molar-refractivity contribution in [2.24, 2.45) is 5.92 Å². The van der Waals surface area contributed by atoms with Crippen molar-refractivity contribution in [1.29, 1.82) is 0 Å². The van der Waals surface area contributed by atoms with Crippen LogP contribution in [-0.2, 0) is 25.6 Å². The first-order valence-corrected chi connectivity index (χ1v) is 8.79. The fraction of sp³-hybridized carbons (Fsp3) is 0.684. The Balaban J connectivity index is 1.44. The quantitative estimate of drug-likeness (QED) is 0.852. The highest BCUT2D eigenvalue weighted by Crippen LogP contribution is 2.46. The van der Waals surface area contributed by atoms with Gasteiger partial charge < -0.3 is 18.9 Å². The van der Waals surface area contributed by atoms with Gasteiger partial charge in [-0.05, 0) is 32.3 Å². The summed E-state index contributed by atoms with van der Waals surface area (Å²) in [5.74, 6) is -0.155. The lowest BCUT2D eigenvalue weighted by Gasteiger charge is -2.29. The minimum absolute atomic E-state index is 0.0518. The second-order valence-corrected chi connectivity index (χ2v) is 7.35. The average molecular weight is 318 g/mol. The zero-order valence-corrected chi connectivity index (χ0v) is 13.9. The molecule has 3 aliphatic rings. The van der Waals surface area contributed by atoms with Gasteiger partial charge in [0.15, 0.2) is 12.1 Å². The fourth-order valence-corrected chi connectivity index (χ4v) is 4.13. The molecule has 2 heterocycles. The van der Waals surface area contributed by atoms with Crippen molar-refractivity contribution in [3.63, 3.8) is 0 Å². The van der Waals surface area contributed by atoms with Gasteiger partial charge in [0, 0.05) is 5.92 Å². The molecule has 3 fully saturated rings. The number of benzene rings is 1. The van der Waals surface area contributed by atoms with Gasteiger partial charge >= 0.3 is 0 Å². The molecule has 0 unspecified atom stereocenters. The van der Waals surface area contributed by atoms with Crippen LogP contribution in [0.5, 0.6) is 0 Å². The maximum atomic E-state index is 6.24. The summed E-state index contributed by atoms with van der Waals surface area (Å²) >= 11 is 0. The summed E-state index contributed by atoms with van der Waals surface area (Å²) in [4.78, 5) is 0. The molecule has 0 bridgehead atoms. The van der Waals surface area contributed by atoms with Gasteiger partial charge in [-0.25, -0.2) is 0 Å². The van der Waals surface area contributed by atoms with Gasteiger partial charge in [0.1, 0.15) is 6.10 Å². The van der Waals surface area contributed by atoms with E-state index in [1.807, 2.05) is 19.9 Å². The minimum Gasteiger partial charge on any atom is -0.371 e. The van der Waals surface area contributed by atoms with Crippen molar-refractivity contribution < 1.29 is 18.9 Å². The van der Waals surface area contributed by atoms with Crippen LogP contribution in [0.2, 0.25) is 0 Å². The Morgan fingerprint density at radius 3 is 2.65 bits per heavy atom. The molecule has 5 atom stereocenters. The van der Waals surface area contributed by atoms with Gasteiger partial charge in [-0.3, -0.25) is 0 Å². The number of rotatable bonds is 3. The third-order valence-corrected chi connectivity index (χ3v) is 5.17. The molecule has 1 saturated carbocycles. The normalized spacial score (nSPS) is 38.8. The fourth-order valence-electron chi connectivity index (χ4n) is 4.13. The van der Waals surface area contributed by atoms with Crippen molar-refractivity contribution in [3.8, 4) is 0 Å². The Morgan fingerprint density at radius 1 is 1.04 bits per heavy atom. The standard InChI is InChI=1S/C19H26O4/c1-19(2)22-17-14-10-6-7-11-15(16(14)21-18(17)23-19)20-12-13-8-4-3-5-9-13/h3-5,8-9,14-18H,6-7,10-12H2,1-2H3/t14-,15-,16-,17-,18-/m1/s1. The van der Waals surface area contributed by atoms with E-state index in [2.05, 4.69) is 24.3 Å².